The maximum Gasteiger partial charge on any atom is 0.224 e. The molecule has 3 rings (SSSR count). The number of hydrogen-bond donors (Lipinski definition) is 1. The van der Waals surface area contributed by atoms with E-state index in [0.717, 1.165) is 28.1 Å². The molecular weight excluding hydrogens is 302 g/mol. The second-order valence-corrected chi connectivity index (χ2v) is 4.92. The second kappa shape index (κ2) is 6.07. The van der Waals surface area contributed by atoms with E-state index in [9.17, 15) is 0 Å². The van der Waals surface area contributed by atoms with Crippen molar-refractivity contribution >= 4 is 34.0 Å². The summed E-state index contributed by atoms with van der Waals surface area (Å²) in [5.41, 5.74) is 1.60. The Morgan fingerprint density at radius 2 is 1.59 bits per heavy atom. The Morgan fingerprint density at radius 3 is 2.27 bits per heavy atom. The zero-order chi connectivity index (χ0) is 15.5. The van der Waals surface area contributed by atoms with Gasteiger partial charge in [0.25, 0.3) is 0 Å². The van der Waals surface area contributed by atoms with Crippen molar-refractivity contribution < 1.29 is 9.47 Å². The van der Waals surface area contributed by atoms with Gasteiger partial charge in [-0.3, -0.25) is 0 Å². The highest BCUT2D eigenvalue weighted by molar-refractivity contribution is 6.28. The highest BCUT2D eigenvalue weighted by atomic mass is 35.5. The SMILES string of the molecule is COc1ccc(Nc2nc(Cl)nc3cc(OC)ccc23)cc1. The molecule has 0 aliphatic carbocycles. The van der Waals surface area contributed by atoms with Gasteiger partial charge in [-0.1, -0.05) is 0 Å². The van der Waals surface area contributed by atoms with Crippen LogP contribution >= 0.6 is 11.6 Å². The fourth-order valence-corrected chi connectivity index (χ4v) is 2.29. The molecule has 0 saturated carbocycles. The molecule has 0 unspecified atom stereocenters. The molecule has 2 aromatic carbocycles. The van der Waals surface area contributed by atoms with Crippen LogP contribution in [-0.2, 0) is 0 Å². The third kappa shape index (κ3) is 2.89. The predicted molar refractivity (Wildman–Crippen MR) is 87.4 cm³/mol. The van der Waals surface area contributed by atoms with E-state index in [1.54, 1.807) is 14.2 Å². The fourth-order valence-electron chi connectivity index (χ4n) is 2.11. The van der Waals surface area contributed by atoms with Gasteiger partial charge in [-0.25, -0.2) is 4.98 Å². The number of nitrogens with one attached hydrogen (secondary N) is 1. The molecule has 0 spiro atoms. The first-order valence-electron chi connectivity index (χ1n) is 6.62. The van der Waals surface area contributed by atoms with E-state index in [4.69, 9.17) is 21.1 Å². The molecule has 1 aromatic heterocycles. The van der Waals surface area contributed by atoms with Gasteiger partial charge in [0.05, 0.1) is 19.7 Å². The number of methoxy groups -OCH3 is 2. The first kappa shape index (κ1) is 14.4. The number of anilines is 2. The van der Waals surface area contributed by atoms with Gasteiger partial charge in [-0.2, -0.15) is 4.98 Å². The van der Waals surface area contributed by atoms with Crippen molar-refractivity contribution in [2.45, 2.75) is 0 Å². The summed E-state index contributed by atoms with van der Waals surface area (Å²) in [5, 5.41) is 4.28. The van der Waals surface area contributed by atoms with Crippen LogP contribution in [0.15, 0.2) is 42.5 Å². The lowest BCUT2D eigenvalue weighted by Gasteiger charge is -2.10. The Kier molecular flexibility index (Phi) is 3.98. The average Bonchev–Trinajstić information content (AvgIpc) is 2.54. The minimum atomic E-state index is 0.178. The first-order chi connectivity index (χ1) is 10.7. The number of aromatic nitrogens is 2. The van der Waals surface area contributed by atoms with Gasteiger partial charge in [-0.15, -0.1) is 0 Å². The van der Waals surface area contributed by atoms with Crippen LogP contribution in [0.1, 0.15) is 0 Å². The maximum atomic E-state index is 6.01. The molecule has 0 aliphatic rings. The summed E-state index contributed by atoms with van der Waals surface area (Å²) in [5.74, 6) is 2.15. The van der Waals surface area contributed by atoms with Crippen LogP contribution in [0.5, 0.6) is 11.5 Å². The number of nitrogens with zero attached hydrogens (tertiary/aromatic N) is 2. The van der Waals surface area contributed by atoms with E-state index in [0.29, 0.717) is 5.82 Å². The number of fused-ring (bicyclic) bond motifs is 1. The summed E-state index contributed by atoms with van der Waals surface area (Å²) in [6, 6.07) is 13.1. The van der Waals surface area contributed by atoms with Gasteiger partial charge < -0.3 is 14.8 Å². The Morgan fingerprint density at radius 1 is 0.909 bits per heavy atom. The molecule has 0 amide bonds. The Hall–Kier alpha value is -2.53. The Bertz CT molecular complexity index is 806. The quantitative estimate of drug-likeness (QED) is 0.736. The van der Waals surface area contributed by atoms with Crippen molar-refractivity contribution in [1.29, 1.82) is 0 Å². The molecule has 1 heterocycles. The summed E-state index contributed by atoms with van der Waals surface area (Å²) in [6.07, 6.45) is 0. The minimum Gasteiger partial charge on any atom is -0.497 e. The molecule has 0 saturated heterocycles. The van der Waals surface area contributed by atoms with Crippen LogP contribution in [0.25, 0.3) is 10.9 Å². The number of benzene rings is 2. The van der Waals surface area contributed by atoms with Crippen molar-refractivity contribution in [3.63, 3.8) is 0 Å². The van der Waals surface area contributed by atoms with E-state index in [-0.39, 0.29) is 5.28 Å². The minimum absolute atomic E-state index is 0.178. The van der Waals surface area contributed by atoms with Gasteiger partial charge in [0.1, 0.15) is 17.3 Å². The molecule has 5 nitrogen and oxygen atoms in total. The molecular formula is C16H14ClN3O2. The van der Waals surface area contributed by atoms with E-state index < -0.39 is 0 Å². The summed E-state index contributed by atoms with van der Waals surface area (Å²) in [4.78, 5) is 8.49. The molecule has 0 radical (unpaired) electrons. The Labute approximate surface area is 132 Å². The molecule has 112 valence electrons. The number of halogens is 1. The van der Waals surface area contributed by atoms with Gasteiger partial charge in [0.15, 0.2) is 0 Å². The van der Waals surface area contributed by atoms with Gasteiger partial charge in [-0.05, 0) is 48.0 Å². The zero-order valence-electron chi connectivity index (χ0n) is 12.1. The smallest absolute Gasteiger partial charge is 0.224 e. The zero-order valence-corrected chi connectivity index (χ0v) is 12.9. The fraction of sp³-hybridized carbons (Fsp3) is 0.125. The molecule has 0 bridgehead atoms. The molecule has 0 aliphatic heterocycles. The average molecular weight is 316 g/mol. The van der Waals surface area contributed by atoms with Crippen molar-refractivity contribution in [1.82, 2.24) is 9.97 Å². The number of rotatable bonds is 4. The summed E-state index contributed by atoms with van der Waals surface area (Å²) in [6.45, 7) is 0. The summed E-state index contributed by atoms with van der Waals surface area (Å²) < 4.78 is 10.4. The van der Waals surface area contributed by atoms with E-state index in [2.05, 4.69) is 15.3 Å². The number of hydrogen-bond acceptors (Lipinski definition) is 5. The van der Waals surface area contributed by atoms with Crippen LogP contribution in [0.2, 0.25) is 5.28 Å². The van der Waals surface area contributed by atoms with E-state index in [1.165, 1.54) is 0 Å². The Balaban J connectivity index is 2.01. The predicted octanol–water partition coefficient (Wildman–Crippen LogP) is 4.04. The topological polar surface area (TPSA) is 56.3 Å². The van der Waals surface area contributed by atoms with Crippen LogP contribution in [-0.4, -0.2) is 24.2 Å². The monoisotopic (exact) mass is 315 g/mol. The van der Waals surface area contributed by atoms with Crippen LogP contribution in [0.4, 0.5) is 11.5 Å². The molecule has 1 N–H and O–H groups in total. The molecule has 0 fully saturated rings. The van der Waals surface area contributed by atoms with Crippen molar-refractivity contribution in [2.24, 2.45) is 0 Å². The van der Waals surface area contributed by atoms with E-state index >= 15 is 0 Å². The van der Waals surface area contributed by atoms with E-state index in [1.807, 2.05) is 42.5 Å². The van der Waals surface area contributed by atoms with Crippen LogP contribution < -0.4 is 14.8 Å². The largest absolute Gasteiger partial charge is 0.497 e. The van der Waals surface area contributed by atoms with Crippen LogP contribution in [0, 0.1) is 0 Å². The number of ether oxygens (including phenoxy) is 2. The van der Waals surface area contributed by atoms with Gasteiger partial charge in [0, 0.05) is 17.1 Å². The standard InChI is InChI=1S/C16H14ClN3O2/c1-21-11-5-3-10(4-6-11)18-15-13-8-7-12(22-2)9-14(13)19-16(17)20-15/h3-9H,1-2H3,(H,18,19,20). The lowest BCUT2D eigenvalue weighted by Crippen LogP contribution is -1.97. The lowest BCUT2D eigenvalue weighted by molar-refractivity contribution is 0.415. The van der Waals surface area contributed by atoms with Gasteiger partial charge >= 0.3 is 0 Å². The van der Waals surface area contributed by atoms with Gasteiger partial charge in [0.2, 0.25) is 5.28 Å². The van der Waals surface area contributed by atoms with Crippen LogP contribution in [0.3, 0.4) is 0 Å². The summed E-state index contributed by atoms with van der Waals surface area (Å²) in [7, 11) is 3.24. The van der Waals surface area contributed by atoms with Crippen molar-refractivity contribution in [3.8, 4) is 11.5 Å². The lowest BCUT2D eigenvalue weighted by atomic mass is 10.2. The maximum absolute atomic E-state index is 6.01. The molecule has 22 heavy (non-hydrogen) atoms. The second-order valence-electron chi connectivity index (χ2n) is 4.58. The molecule has 3 aromatic rings. The summed E-state index contributed by atoms with van der Waals surface area (Å²) >= 11 is 6.01. The molecule has 6 heteroatoms. The van der Waals surface area contributed by atoms with Crippen molar-refractivity contribution in [3.05, 3.63) is 47.7 Å². The van der Waals surface area contributed by atoms with Crippen molar-refractivity contribution in [2.75, 3.05) is 19.5 Å². The highest BCUT2D eigenvalue weighted by Gasteiger charge is 2.08. The normalized spacial score (nSPS) is 10.5. The molecule has 0 atom stereocenters. The first-order valence-corrected chi connectivity index (χ1v) is 7.00. The third-order valence-electron chi connectivity index (χ3n) is 3.23. The third-order valence-corrected chi connectivity index (χ3v) is 3.40. The highest BCUT2D eigenvalue weighted by Crippen LogP contribution is 2.28.